The van der Waals surface area contributed by atoms with E-state index in [1.807, 2.05) is 6.92 Å². The van der Waals surface area contributed by atoms with Crippen molar-refractivity contribution in [3.05, 3.63) is 0 Å². The Hall–Kier alpha value is -0.860. The predicted molar refractivity (Wildman–Crippen MR) is 48.8 cm³/mol. The second kappa shape index (κ2) is 2.14. The maximum atomic E-state index is 11.7. The summed E-state index contributed by atoms with van der Waals surface area (Å²) >= 11 is 0. The molecule has 0 heterocycles. The number of hydrogen-bond donors (Lipinski definition) is 1. The number of ketones is 1. The van der Waals surface area contributed by atoms with Crippen molar-refractivity contribution in [2.24, 2.45) is 21.9 Å². The van der Waals surface area contributed by atoms with Gasteiger partial charge in [0.05, 0.1) is 0 Å². The van der Waals surface area contributed by atoms with E-state index < -0.39 is 0 Å². The van der Waals surface area contributed by atoms with Gasteiger partial charge in [0.1, 0.15) is 5.71 Å². The van der Waals surface area contributed by atoms with Crippen molar-refractivity contribution in [3.63, 3.8) is 0 Å². The van der Waals surface area contributed by atoms with Gasteiger partial charge in [-0.1, -0.05) is 25.9 Å². The van der Waals surface area contributed by atoms with Crippen LogP contribution in [0.5, 0.6) is 0 Å². The van der Waals surface area contributed by atoms with Crippen LogP contribution in [0.1, 0.15) is 33.6 Å². The molecule has 0 spiro atoms. The van der Waals surface area contributed by atoms with Gasteiger partial charge >= 0.3 is 0 Å². The van der Waals surface area contributed by atoms with E-state index >= 15 is 0 Å². The molecule has 0 aliphatic heterocycles. The fourth-order valence-electron chi connectivity index (χ4n) is 2.98. The van der Waals surface area contributed by atoms with Crippen molar-refractivity contribution in [2.75, 3.05) is 0 Å². The monoisotopic (exact) mass is 181 g/mol. The molecule has 0 aromatic heterocycles. The molecule has 72 valence electrons. The molecule has 2 aliphatic rings. The average Bonchev–Trinajstić information content (AvgIpc) is 2.32. The normalized spacial score (nSPS) is 44.7. The lowest BCUT2D eigenvalue weighted by Gasteiger charge is -2.32. The predicted octanol–water partition coefficient (Wildman–Crippen LogP) is 1.84. The molecule has 3 heteroatoms. The van der Waals surface area contributed by atoms with E-state index in [0.29, 0.717) is 5.71 Å². The molecule has 2 atom stereocenters. The summed E-state index contributed by atoms with van der Waals surface area (Å²) in [5.41, 5.74) is 0.156. The first-order chi connectivity index (χ1) is 5.95. The number of carbonyl (C=O) groups excluding carboxylic acids is 1. The molecule has 1 N–H and O–H groups in total. The third-order valence-corrected chi connectivity index (χ3v) is 4.40. The Morgan fingerprint density at radius 2 is 2.08 bits per heavy atom. The van der Waals surface area contributed by atoms with Gasteiger partial charge in [0, 0.05) is 11.3 Å². The molecule has 0 radical (unpaired) electrons. The van der Waals surface area contributed by atoms with Gasteiger partial charge in [-0.3, -0.25) is 4.79 Å². The first kappa shape index (κ1) is 8.73. The van der Waals surface area contributed by atoms with Crippen molar-refractivity contribution >= 4 is 11.5 Å². The third-order valence-electron chi connectivity index (χ3n) is 4.40. The maximum absolute atomic E-state index is 11.7. The molecular weight excluding hydrogens is 166 g/mol. The van der Waals surface area contributed by atoms with Crippen LogP contribution in [-0.2, 0) is 4.79 Å². The Balaban J connectivity index is 2.59. The molecule has 2 saturated carbocycles. The Morgan fingerprint density at radius 1 is 1.46 bits per heavy atom. The second-order valence-corrected chi connectivity index (χ2v) is 4.96. The highest BCUT2D eigenvalue weighted by molar-refractivity contribution is 6.45. The van der Waals surface area contributed by atoms with E-state index in [2.05, 4.69) is 19.0 Å². The summed E-state index contributed by atoms with van der Waals surface area (Å²) in [6, 6.07) is 0. The minimum Gasteiger partial charge on any atom is -0.411 e. The molecule has 2 aliphatic carbocycles. The lowest BCUT2D eigenvalue weighted by atomic mass is 9.70. The Kier molecular flexibility index (Phi) is 1.44. The highest BCUT2D eigenvalue weighted by Gasteiger charge is 2.65. The Bertz CT molecular complexity index is 306. The van der Waals surface area contributed by atoms with Crippen molar-refractivity contribution in [2.45, 2.75) is 33.6 Å². The first-order valence-corrected chi connectivity index (χ1v) is 4.72. The maximum Gasteiger partial charge on any atom is 0.184 e. The van der Waals surface area contributed by atoms with Crippen LogP contribution in [-0.4, -0.2) is 16.7 Å². The highest BCUT2D eigenvalue weighted by atomic mass is 16.4. The smallest absolute Gasteiger partial charge is 0.184 e. The zero-order valence-electron chi connectivity index (χ0n) is 8.29. The Labute approximate surface area is 77.8 Å². The fourth-order valence-corrected chi connectivity index (χ4v) is 2.98. The van der Waals surface area contributed by atoms with Crippen molar-refractivity contribution in [3.8, 4) is 0 Å². The summed E-state index contributed by atoms with van der Waals surface area (Å²) in [6.45, 7) is 6.23. The van der Waals surface area contributed by atoms with Crippen molar-refractivity contribution in [1.29, 1.82) is 0 Å². The zero-order chi connectivity index (χ0) is 9.85. The standard InChI is InChI=1S/C10H15NO2/c1-9(2)6-4-5-10(9,3)8(11-13)7(6)12/h6,13H,4-5H2,1-3H3/b11-8+/t6-,10+/m1/s1. The van der Waals surface area contributed by atoms with E-state index in [4.69, 9.17) is 5.21 Å². The number of oxime groups is 1. The molecule has 0 aromatic rings. The first-order valence-electron chi connectivity index (χ1n) is 4.72. The Morgan fingerprint density at radius 3 is 2.38 bits per heavy atom. The fraction of sp³-hybridized carbons (Fsp3) is 0.800. The molecule has 13 heavy (non-hydrogen) atoms. The summed E-state index contributed by atoms with van der Waals surface area (Å²) in [5.74, 6) is 0.129. The molecule has 0 saturated heterocycles. The van der Waals surface area contributed by atoms with E-state index in [1.165, 1.54) is 0 Å². The summed E-state index contributed by atoms with van der Waals surface area (Å²) in [6.07, 6.45) is 1.91. The van der Waals surface area contributed by atoms with Crippen LogP contribution in [0.4, 0.5) is 0 Å². The summed E-state index contributed by atoms with van der Waals surface area (Å²) in [5, 5.41) is 12.0. The van der Waals surface area contributed by atoms with Crippen LogP contribution < -0.4 is 0 Å². The van der Waals surface area contributed by atoms with E-state index in [9.17, 15) is 4.79 Å². The minimum atomic E-state index is -0.205. The van der Waals surface area contributed by atoms with Crippen LogP contribution in [0.25, 0.3) is 0 Å². The molecule has 2 bridgehead atoms. The highest BCUT2D eigenvalue weighted by Crippen LogP contribution is 2.62. The molecule has 2 rings (SSSR count). The van der Waals surface area contributed by atoms with Gasteiger partial charge in [0.2, 0.25) is 0 Å². The molecule has 3 nitrogen and oxygen atoms in total. The van der Waals surface area contributed by atoms with Gasteiger partial charge < -0.3 is 5.21 Å². The van der Waals surface area contributed by atoms with Crippen LogP contribution in [0.3, 0.4) is 0 Å². The molecular formula is C10H15NO2. The van der Waals surface area contributed by atoms with Crippen LogP contribution >= 0.6 is 0 Å². The average molecular weight is 181 g/mol. The topological polar surface area (TPSA) is 49.7 Å². The molecule has 0 unspecified atom stereocenters. The second-order valence-electron chi connectivity index (χ2n) is 4.96. The minimum absolute atomic E-state index is 0.0361. The van der Waals surface area contributed by atoms with Gasteiger partial charge in [0.15, 0.2) is 5.78 Å². The SMILES string of the molecule is CC1(C)[C@@H]2CC[C@@]1(C)/C(=N/O)C2=O. The van der Waals surface area contributed by atoms with Crippen molar-refractivity contribution in [1.82, 2.24) is 0 Å². The number of Topliss-reactive ketones (excluding diaryl/α,β-unsaturated/α-hetero) is 1. The van der Waals surface area contributed by atoms with Gasteiger partial charge in [-0.05, 0) is 18.3 Å². The van der Waals surface area contributed by atoms with Gasteiger partial charge in [-0.15, -0.1) is 0 Å². The number of nitrogens with zero attached hydrogens (tertiary/aromatic N) is 1. The number of fused-ring (bicyclic) bond motifs is 2. The number of carbonyl (C=O) groups is 1. The zero-order valence-corrected chi connectivity index (χ0v) is 8.29. The van der Waals surface area contributed by atoms with Gasteiger partial charge in [0.25, 0.3) is 0 Å². The van der Waals surface area contributed by atoms with E-state index in [-0.39, 0.29) is 22.5 Å². The van der Waals surface area contributed by atoms with Crippen LogP contribution in [0.15, 0.2) is 5.16 Å². The summed E-state index contributed by atoms with van der Waals surface area (Å²) in [4.78, 5) is 11.7. The largest absolute Gasteiger partial charge is 0.411 e. The van der Waals surface area contributed by atoms with Crippen LogP contribution in [0.2, 0.25) is 0 Å². The quantitative estimate of drug-likeness (QED) is 0.458. The summed E-state index contributed by atoms with van der Waals surface area (Å²) < 4.78 is 0. The molecule has 0 aromatic carbocycles. The molecule has 2 fully saturated rings. The number of hydrogen-bond acceptors (Lipinski definition) is 3. The third kappa shape index (κ3) is 0.713. The van der Waals surface area contributed by atoms with Gasteiger partial charge in [-0.2, -0.15) is 0 Å². The lowest BCUT2D eigenvalue weighted by molar-refractivity contribution is -0.117. The summed E-state index contributed by atoms with van der Waals surface area (Å²) in [7, 11) is 0. The lowest BCUT2D eigenvalue weighted by Crippen LogP contribution is -2.33. The van der Waals surface area contributed by atoms with E-state index in [1.54, 1.807) is 0 Å². The molecule has 0 amide bonds. The number of rotatable bonds is 0. The van der Waals surface area contributed by atoms with E-state index in [0.717, 1.165) is 12.8 Å². The van der Waals surface area contributed by atoms with Crippen molar-refractivity contribution < 1.29 is 10.0 Å². The van der Waals surface area contributed by atoms with Gasteiger partial charge in [-0.25, -0.2) is 0 Å². The van der Waals surface area contributed by atoms with Crippen LogP contribution in [0, 0.1) is 16.7 Å².